The first kappa shape index (κ1) is 13.6. The van der Waals surface area contributed by atoms with E-state index >= 15 is 0 Å². The molecule has 1 rings (SSSR count). The number of carboxylic acids is 1. The van der Waals surface area contributed by atoms with Gasteiger partial charge in [-0.2, -0.15) is 0 Å². The molecule has 1 unspecified atom stereocenters. The Labute approximate surface area is 102 Å². The van der Waals surface area contributed by atoms with Gasteiger partial charge in [0.05, 0.1) is 12.0 Å². The fourth-order valence-corrected chi connectivity index (χ4v) is 1.54. The minimum absolute atomic E-state index is 0.0828. The first-order valence-electron chi connectivity index (χ1n) is 5.88. The van der Waals surface area contributed by atoms with Gasteiger partial charge >= 0.3 is 5.97 Å². The molecule has 1 aromatic carbocycles. The Kier molecular flexibility index (Phi) is 4.55. The third kappa shape index (κ3) is 3.48. The van der Waals surface area contributed by atoms with Crippen molar-refractivity contribution >= 4 is 5.97 Å². The Bertz CT molecular complexity index is 359. The minimum atomic E-state index is -0.760. The Hall–Kier alpha value is -1.51. The smallest absolute Gasteiger partial charge is 0.309 e. The lowest BCUT2D eigenvalue weighted by molar-refractivity contribution is -0.151. The lowest BCUT2D eigenvalue weighted by Crippen LogP contribution is -2.34. The summed E-state index contributed by atoms with van der Waals surface area (Å²) in [6.45, 7) is 6.05. The molecule has 0 radical (unpaired) electrons. The predicted octanol–water partition coefficient (Wildman–Crippen LogP) is 3.20. The van der Waals surface area contributed by atoms with E-state index in [0.717, 1.165) is 5.75 Å². The standard InChI is InChI=1S/C14H20O3/c1-11(2)14(3,13(15)16)9-10-17-12-7-5-4-6-8-12/h4-8,11H,9-10H2,1-3H3,(H,15,16). The zero-order valence-corrected chi connectivity index (χ0v) is 10.6. The monoisotopic (exact) mass is 236 g/mol. The highest BCUT2D eigenvalue weighted by Gasteiger charge is 2.36. The number of rotatable bonds is 6. The SMILES string of the molecule is CC(C)C(C)(CCOc1ccccc1)C(=O)O. The molecule has 0 bridgehead atoms. The third-order valence-corrected chi connectivity index (χ3v) is 3.40. The van der Waals surface area contributed by atoms with Gasteiger partial charge in [-0.15, -0.1) is 0 Å². The molecule has 0 aromatic heterocycles. The summed E-state index contributed by atoms with van der Waals surface area (Å²) in [5, 5.41) is 9.24. The molecule has 0 saturated heterocycles. The van der Waals surface area contributed by atoms with Crippen LogP contribution in [0.1, 0.15) is 27.2 Å². The minimum Gasteiger partial charge on any atom is -0.494 e. The number of hydrogen-bond donors (Lipinski definition) is 1. The van der Waals surface area contributed by atoms with Crippen molar-refractivity contribution in [3.05, 3.63) is 30.3 Å². The van der Waals surface area contributed by atoms with Gasteiger partial charge < -0.3 is 9.84 Å². The molecule has 3 nitrogen and oxygen atoms in total. The molecule has 0 aliphatic carbocycles. The van der Waals surface area contributed by atoms with E-state index < -0.39 is 11.4 Å². The van der Waals surface area contributed by atoms with Crippen LogP contribution in [0.15, 0.2) is 30.3 Å². The van der Waals surface area contributed by atoms with Gasteiger partial charge in [0.25, 0.3) is 0 Å². The van der Waals surface area contributed by atoms with Crippen molar-refractivity contribution in [2.75, 3.05) is 6.61 Å². The summed E-state index contributed by atoms with van der Waals surface area (Å²) in [7, 11) is 0. The molecule has 0 heterocycles. The molecule has 3 heteroatoms. The van der Waals surface area contributed by atoms with Crippen molar-refractivity contribution in [1.82, 2.24) is 0 Å². The van der Waals surface area contributed by atoms with Crippen LogP contribution in [0, 0.1) is 11.3 Å². The highest BCUT2D eigenvalue weighted by atomic mass is 16.5. The average Bonchev–Trinajstić information content (AvgIpc) is 2.29. The number of ether oxygens (including phenoxy) is 1. The van der Waals surface area contributed by atoms with Crippen LogP contribution >= 0.6 is 0 Å². The van der Waals surface area contributed by atoms with Gasteiger partial charge in [0.1, 0.15) is 5.75 Å². The summed E-state index contributed by atoms with van der Waals surface area (Å²) >= 11 is 0. The molecule has 0 amide bonds. The Balaban J connectivity index is 2.52. The molecule has 94 valence electrons. The van der Waals surface area contributed by atoms with Crippen LogP contribution in [0.25, 0.3) is 0 Å². The molecule has 0 saturated carbocycles. The molecule has 1 aromatic rings. The number of carboxylic acid groups (broad SMARTS) is 1. The fraction of sp³-hybridized carbons (Fsp3) is 0.500. The maximum atomic E-state index is 11.2. The number of carbonyl (C=O) groups is 1. The first-order chi connectivity index (χ1) is 7.97. The second-order valence-electron chi connectivity index (χ2n) is 4.79. The summed E-state index contributed by atoms with van der Waals surface area (Å²) < 4.78 is 5.54. The average molecular weight is 236 g/mol. The second-order valence-corrected chi connectivity index (χ2v) is 4.79. The summed E-state index contributed by atoms with van der Waals surface area (Å²) in [6.07, 6.45) is 0.509. The van der Waals surface area contributed by atoms with E-state index in [1.165, 1.54) is 0 Å². The quantitative estimate of drug-likeness (QED) is 0.825. The van der Waals surface area contributed by atoms with Crippen molar-refractivity contribution in [1.29, 1.82) is 0 Å². The Morgan fingerprint density at radius 1 is 1.35 bits per heavy atom. The summed E-state index contributed by atoms with van der Waals surface area (Å²) in [4.78, 5) is 11.2. The topological polar surface area (TPSA) is 46.5 Å². The number of para-hydroxylation sites is 1. The van der Waals surface area contributed by atoms with Gasteiger partial charge in [-0.25, -0.2) is 0 Å². The normalized spacial score (nSPS) is 14.4. The van der Waals surface area contributed by atoms with E-state index in [-0.39, 0.29) is 5.92 Å². The lowest BCUT2D eigenvalue weighted by Gasteiger charge is -2.28. The molecule has 1 N–H and O–H groups in total. The van der Waals surface area contributed by atoms with E-state index in [2.05, 4.69) is 0 Å². The van der Waals surface area contributed by atoms with E-state index in [1.54, 1.807) is 6.92 Å². The zero-order chi connectivity index (χ0) is 12.9. The van der Waals surface area contributed by atoms with Gasteiger partial charge in [0, 0.05) is 0 Å². The second kappa shape index (κ2) is 5.71. The lowest BCUT2D eigenvalue weighted by atomic mass is 9.77. The third-order valence-electron chi connectivity index (χ3n) is 3.40. The fourth-order valence-electron chi connectivity index (χ4n) is 1.54. The van der Waals surface area contributed by atoms with Crippen molar-refractivity contribution in [3.8, 4) is 5.75 Å². The maximum absolute atomic E-state index is 11.2. The molecular formula is C14H20O3. The van der Waals surface area contributed by atoms with Crippen molar-refractivity contribution < 1.29 is 14.6 Å². The predicted molar refractivity (Wildman–Crippen MR) is 67.1 cm³/mol. The van der Waals surface area contributed by atoms with Gasteiger partial charge in [-0.3, -0.25) is 4.79 Å². The summed E-state index contributed by atoms with van der Waals surface area (Å²) in [5.41, 5.74) is -0.727. The van der Waals surface area contributed by atoms with Gasteiger partial charge in [-0.05, 0) is 31.4 Å². The first-order valence-corrected chi connectivity index (χ1v) is 5.88. The van der Waals surface area contributed by atoms with E-state index in [9.17, 15) is 9.90 Å². The highest BCUT2D eigenvalue weighted by molar-refractivity contribution is 5.74. The largest absolute Gasteiger partial charge is 0.494 e. The molecule has 1 atom stereocenters. The Morgan fingerprint density at radius 3 is 2.41 bits per heavy atom. The van der Waals surface area contributed by atoms with Crippen LogP contribution in [0.2, 0.25) is 0 Å². The molecule has 0 aliphatic rings. The molecule has 17 heavy (non-hydrogen) atoms. The van der Waals surface area contributed by atoms with E-state index in [0.29, 0.717) is 13.0 Å². The van der Waals surface area contributed by atoms with Crippen LogP contribution in [0.5, 0.6) is 5.75 Å². The zero-order valence-electron chi connectivity index (χ0n) is 10.6. The maximum Gasteiger partial charge on any atom is 0.309 e. The van der Waals surface area contributed by atoms with Crippen molar-refractivity contribution in [3.63, 3.8) is 0 Å². The number of aliphatic carboxylic acids is 1. The summed E-state index contributed by atoms with van der Waals surface area (Å²) in [6, 6.07) is 9.45. The van der Waals surface area contributed by atoms with E-state index in [1.807, 2.05) is 44.2 Å². The van der Waals surface area contributed by atoms with Crippen molar-refractivity contribution in [2.24, 2.45) is 11.3 Å². The van der Waals surface area contributed by atoms with Crippen LogP contribution in [-0.2, 0) is 4.79 Å². The van der Waals surface area contributed by atoms with Crippen LogP contribution in [-0.4, -0.2) is 17.7 Å². The van der Waals surface area contributed by atoms with Crippen LogP contribution in [0.3, 0.4) is 0 Å². The molecule has 0 spiro atoms. The van der Waals surface area contributed by atoms with Crippen LogP contribution < -0.4 is 4.74 Å². The van der Waals surface area contributed by atoms with Crippen LogP contribution in [0.4, 0.5) is 0 Å². The number of benzene rings is 1. The van der Waals surface area contributed by atoms with Gasteiger partial charge in [0.15, 0.2) is 0 Å². The van der Waals surface area contributed by atoms with Gasteiger partial charge in [-0.1, -0.05) is 32.0 Å². The Morgan fingerprint density at radius 2 is 1.94 bits per heavy atom. The molecular weight excluding hydrogens is 216 g/mol. The molecule has 0 fully saturated rings. The van der Waals surface area contributed by atoms with Gasteiger partial charge in [0.2, 0.25) is 0 Å². The highest BCUT2D eigenvalue weighted by Crippen LogP contribution is 2.31. The molecule has 0 aliphatic heterocycles. The van der Waals surface area contributed by atoms with E-state index in [4.69, 9.17) is 4.74 Å². The summed E-state index contributed by atoms with van der Waals surface area (Å²) in [5.74, 6) is 0.104. The number of hydrogen-bond acceptors (Lipinski definition) is 2. The van der Waals surface area contributed by atoms with Crippen molar-refractivity contribution in [2.45, 2.75) is 27.2 Å².